The van der Waals surface area contributed by atoms with Crippen molar-refractivity contribution < 1.29 is 25.8 Å². The summed E-state index contributed by atoms with van der Waals surface area (Å²) in [6.07, 6.45) is 5.65. The van der Waals surface area contributed by atoms with E-state index in [1.165, 1.54) is 27.1 Å². The first-order valence-electron chi connectivity index (χ1n) is 17.8. The van der Waals surface area contributed by atoms with E-state index in [2.05, 4.69) is 156 Å². The summed E-state index contributed by atoms with van der Waals surface area (Å²) in [5.41, 5.74) is 7.12. The van der Waals surface area contributed by atoms with Gasteiger partial charge in [-0.25, -0.2) is 4.98 Å². The topological polar surface area (TPSA) is 46.4 Å². The molecule has 54 heavy (non-hydrogen) atoms. The molecule has 0 aliphatic carbocycles. The number of ether oxygens (including phenoxy) is 1. The Morgan fingerprint density at radius 2 is 1.41 bits per heavy atom. The Kier molecular flexibility index (Phi) is 8.24. The third kappa shape index (κ3) is 5.61. The third-order valence-corrected chi connectivity index (χ3v) is 10.2. The zero-order valence-corrected chi connectivity index (χ0v) is 32.2. The van der Waals surface area contributed by atoms with Crippen LogP contribution in [0, 0.1) is 18.8 Å². The number of fused-ring (bicyclic) bond motifs is 7. The molecule has 0 atom stereocenters. The smallest absolute Gasteiger partial charge is 0.135 e. The number of nitrogens with zero attached hydrogens (tertiary/aromatic N) is 5. The Labute approximate surface area is 328 Å². The largest absolute Gasteiger partial charge is 0.509 e. The molecular weight excluding hydrogens is 846 g/mol. The summed E-state index contributed by atoms with van der Waals surface area (Å²) in [4.78, 5) is 13.7. The van der Waals surface area contributed by atoms with Crippen molar-refractivity contribution >= 4 is 66.1 Å². The van der Waals surface area contributed by atoms with Crippen molar-refractivity contribution in [3.05, 3.63) is 170 Å². The van der Waals surface area contributed by atoms with Crippen LogP contribution in [0.25, 0.3) is 49.2 Å². The second-order valence-electron chi connectivity index (χ2n) is 14.5. The molecule has 6 aromatic carbocycles. The monoisotopic (exact) mass is 879 g/mol. The van der Waals surface area contributed by atoms with Crippen molar-refractivity contribution in [3.8, 4) is 17.3 Å². The summed E-state index contributed by atoms with van der Waals surface area (Å²) in [6.45, 7) is 8.78. The molecule has 0 fully saturated rings. The Morgan fingerprint density at radius 1 is 0.630 bits per heavy atom. The summed E-state index contributed by atoms with van der Waals surface area (Å²) in [5.74, 6) is 2.04. The first kappa shape index (κ1) is 33.8. The summed E-state index contributed by atoms with van der Waals surface area (Å²) < 4.78 is 8.73. The summed E-state index contributed by atoms with van der Waals surface area (Å²) in [6, 6.07) is 51.3. The van der Waals surface area contributed by atoms with Gasteiger partial charge in [0.2, 0.25) is 0 Å². The second kappa shape index (κ2) is 13.2. The summed E-state index contributed by atoms with van der Waals surface area (Å²) in [5, 5.41) is 7.03. The molecule has 0 saturated carbocycles. The number of hydrogen-bond acceptors (Lipinski definition) is 5. The number of para-hydroxylation sites is 1. The number of rotatable bonds is 5. The van der Waals surface area contributed by atoms with E-state index in [0.717, 1.165) is 50.4 Å². The van der Waals surface area contributed by atoms with Crippen LogP contribution in [0.5, 0.6) is 11.5 Å². The molecule has 10 rings (SSSR count). The standard InChI is InChI=1S/C47H34N5O.Pt/c1-47(2,3)33-22-25-49-45(26-33)52-40-16-7-6-15-38(40)39-21-20-36(28-43(39)52)53-35-13-9-12-34(27-35)50-30-51(44-29-48-24-23-41(44)50)42-17-8-11-32-19-18-31-10-4-5-14-37(31)46(32)42;/h4-26,29-30H,1-3H3;/q-3;. The van der Waals surface area contributed by atoms with E-state index >= 15 is 0 Å². The molecule has 0 unspecified atom stereocenters. The molecule has 0 radical (unpaired) electrons. The predicted octanol–water partition coefficient (Wildman–Crippen LogP) is 12.0. The van der Waals surface area contributed by atoms with E-state index in [1.54, 1.807) is 0 Å². The van der Waals surface area contributed by atoms with E-state index in [9.17, 15) is 0 Å². The Hall–Kier alpha value is -5.97. The minimum absolute atomic E-state index is 0. The van der Waals surface area contributed by atoms with Gasteiger partial charge in [0.25, 0.3) is 0 Å². The molecule has 0 N–H and O–H groups in total. The van der Waals surface area contributed by atoms with Crippen LogP contribution < -0.4 is 14.5 Å². The minimum Gasteiger partial charge on any atom is -0.509 e. The van der Waals surface area contributed by atoms with Gasteiger partial charge in [-0.2, -0.15) is 12.1 Å². The van der Waals surface area contributed by atoms with Gasteiger partial charge in [-0.05, 0) is 62.9 Å². The van der Waals surface area contributed by atoms with E-state index in [1.807, 2.05) is 48.9 Å². The molecule has 0 saturated heterocycles. The zero-order chi connectivity index (χ0) is 35.7. The van der Waals surface area contributed by atoms with Crippen LogP contribution >= 0.6 is 0 Å². The molecule has 0 bridgehead atoms. The number of hydrogen-bond donors (Lipinski definition) is 0. The average molecular weight is 880 g/mol. The fourth-order valence-electron chi connectivity index (χ4n) is 7.57. The molecule has 9 aromatic rings. The SMILES string of the molecule is CC(C)(C)c1ccnc(-n2c3[c-]c(Oc4[c-]c(N5[CH-]N(c6cccc7ccc8ccccc8c67)c6cnccc65)ccc4)ccc3c3ccccc32)c1.[Pt]. The molecule has 3 aromatic heterocycles. The molecule has 266 valence electrons. The fourth-order valence-corrected chi connectivity index (χ4v) is 7.57. The van der Waals surface area contributed by atoms with E-state index < -0.39 is 0 Å². The molecule has 6 nitrogen and oxygen atoms in total. The van der Waals surface area contributed by atoms with E-state index in [0.29, 0.717) is 11.5 Å². The predicted molar refractivity (Wildman–Crippen MR) is 216 cm³/mol. The molecule has 4 heterocycles. The maximum absolute atomic E-state index is 6.55. The van der Waals surface area contributed by atoms with Crippen molar-refractivity contribution in [2.45, 2.75) is 26.2 Å². The van der Waals surface area contributed by atoms with Gasteiger partial charge in [-0.15, -0.1) is 48.1 Å². The van der Waals surface area contributed by atoms with E-state index in [-0.39, 0.29) is 26.5 Å². The van der Waals surface area contributed by atoms with Crippen LogP contribution in [0.1, 0.15) is 26.3 Å². The van der Waals surface area contributed by atoms with Gasteiger partial charge >= 0.3 is 0 Å². The van der Waals surface area contributed by atoms with Crippen molar-refractivity contribution in [2.24, 2.45) is 0 Å². The normalized spacial score (nSPS) is 12.8. The molecular formula is C47H34N5OPt-3. The van der Waals surface area contributed by atoms with Crippen LogP contribution in [-0.2, 0) is 26.5 Å². The van der Waals surface area contributed by atoms with Crippen LogP contribution in [-0.4, -0.2) is 14.5 Å². The minimum atomic E-state index is -0.0145. The van der Waals surface area contributed by atoms with Gasteiger partial charge in [-0.3, -0.25) is 4.98 Å². The molecule has 7 heteroatoms. The van der Waals surface area contributed by atoms with Crippen molar-refractivity contribution in [1.29, 1.82) is 0 Å². The first-order valence-corrected chi connectivity index (χ1v) is 17.8. The molecule has 1 aliphatic rings. The van der Waals surface area contributed by atoms with Gasteiger partial charge in [0.15, 0.2) is 0 Å². The van der Waals surface area contributed by atoms with Crippen LogP contribution in [0.15, 0.2) is 146 Å². The van der Waals surface area contributed by atoms with Crippen LogP contribution in [0.4, 0.5) is 22.7 Å². The number of anilines is 4. The van der Waals surface area contributed by atoms with Crippen molar-refractivity contribution in [2.75, 3.05) is 9.80 Å². The van der Waals surface area contributed by atoms with Gasteiger partial charge in [-0.1, -0.05) is 93.0 Å². The molecule has 0 spiro atoms. The number of benzene rings is 6. The van der Waals surface area contributed by atoms with Crippen LogP contribution in [0.3, 0.4) is 0 Å². The second-order valence-corrected chi connectivity index (χ2v) is 14.5. The van der Waals surface area contributed by atoms with E-state index in [4.69, 9.17) is 9.72 Å². The van der Waals surface area contributed by atoms with Crippen LogP contribution in [0.2, 0.25) is 0 Å². The van der Waals surface area contributed by atoms with Gasteiger partial charge in [0.1, 0.15) is 5.82 Å². The molecule has 1 aliphatic heterocycles. The zero-order valence-electron chi connectivity index (χ0n) is 29.9. The van der Waals surface area contributed by atoms with Gasteiger partial charge in [0.05, 0.1) is 11.9 Å². The average Bonchev–Trinajstić information content (AvgIpc) is 3.73. The third-order valence-electron chi connectivity index (χ3n) is 10.2. The number of aromatic nitrogens is 3. The first-order chi connectivity index (χ1) is 25.9. The summed E-state index contributed by atoms with van der Waals surface area (Å²) in [7, 11) is 0. The maximum Gasteiger partial charge on any atom is 0.135 e. The summed E-state index contributed by atoms with van der Waals surface area (Å²) >= 11 is 0. The Bertz CT molecular complexity index is 2870. The Balaban J connectivity index is 0.00000384. The van der Waals surface area contributed by atoms with Gasteiger partial charge < -0.3 is 19.1 Å². The van der Waals surface area contributed by atoms with Crippen molar-refractivity contribution in [1.82, 2.24) is 14.5 Å². The molecule has 0 amide bonds. The fraction of sp³-hybridized carbons (Fsp3) is 0.0851. The quantitative estimate of drug-likeness (QED) is 0.127. The number of pyridine rings is 2. The maximum atomic E-state index is 6.55. The Morgan fingerprint density at radius 3 is 2.30 bits per heavy atom. The van der Waals surface area contributed by atoms with Gasteiger partial charge in [0, 0.05) is 67.2 Å². The van der Waals surface area contributed by atoms with Crippen molar-refractivity contribution in [3.63, 3.8) is 0 Å².